The molecule has 16 heavy (non-hydrogen) atoms. The summed E-state index contributed by atoms with van der Waals surface area (Å²) in [6.45, 7) is 5.77. The van der Waals surface area contributed by atoms with Crippen LogP contribution in [0.5, 0.6) is 0 Å². The quantitative estimate of drug-likeness (QED) is 0.544. The third-order valence-electron chi connectivity index (χ3n) is 3.02. The lowest BCUT2D eigenvalue weighted by molar-refractivity contribution is 0.128. The van der Waals surface area contributed by atoms with E-state index in [-0.39, 0.29) is 6.10 Å². The molecule has 0 heterocycles. The highest BCUT2D eigenvalue weighted by atomic mass is 16.5. The molecule has 1 aliphatic rings. The molecule has 1 aromatic carbocycles. The predicted octanol–water partition coefficient (Wildman–Crippen LogP) is 4.09. The predicted molar refractivity (Wildman–Crippen MR) is 67.3 cm³/mol. The standard InChI is InChI=1S/C15H18O/c1-3-4-10-16-15-7-5-6-13-11-12(2)8-9-14(13)15/h3-4,8-11,15H,1,5-7H2,2H3. The number of aryl methyl sites for hydroxylation is 2. The van der Waals surface area contributed by atoms with E-state index in [0.717, 1.165) is 6.42 Å². The van der Waals surface area contributed by atoms with Crippen molar-refractivity contribution >= 4 is 0 Å². The summed E-state index contributed by atoms with van der Waals surface area (Å²) in [6, 6.07) is 6.65. The van der Waals surface area contributed by atoms with Gasteiger partial charge in [0.25, 0.3) is 0 Å². The maximum absolute atomic E-state index is 5.74. The van der Waals surface area contributed by atoms with E-state index in [2.05, 4.69) is 31.7 Å². The number of fused-ring (bicyclic) bond motifs is 1. The van der Waals surface area contributed by atoms with Crippen LogP contribution in [0.25, 0.3) is 0 Å². The summed E-state index contributed by atoms with van der Waals surface area (Å²) in [5, 5.41) is 0. The van der Waals surface area contributed by atoms with Crippen molar-refractivity contribution in [2.45, 2.75) is 32.3 Å². The Kier molecular flexibility index (Phi) is 3.45. The van der Waals surface area contributed by atoms with Crippen LogP contribution in [-0.4, -0.2) is 0 Å². The van der Waals surface area contributed by atoms with E-state index < -0.39 is 0 Å². The van der Waals surface area contributed by atoms with Gasteiger partial charge < -0.3 is 4.74 Å². The molecule has 0 radical (unpaired) electrons. The Hall–Kier alpha value is -1.50. The minimum atomic E-state index is 0.223. The van der Waals surface area contributed by atoms with Gasteiger partial charge in [-0.2, -0.15) is 0 Å². The van der Waals surface area contributed by atoms with Gasteiger partial charge in [-0.05, 0) is 43.4 Å². The molecule has 0 saturated heterocycles. The van der Waals surface area contributed by atoms with Crippen LogP contribution in [0.2, 0.25) is 0 Å². The molecule has 1 atom stereocenters. The van der Waals surface area contributed by atoms with Crippen LogP contribution in [0.15, 0.2) is 43.2 Å². The Labute approximate surface area is 97.4 Å². The summed E-state index contributed by atoms with van der Waals surface area (Å²) >= 11 is 0. The van der Waals surface area contributed by atoms with Crippen LogP contribution in [0.3, 0.4) is 0 Å². The number of ether oxygens (including phenoxy) is 1. The van der Waals surface area contributed by atoms with Gasteiger partial charge in [0, 0.05) is 0 Å². The van der Waals surface area contributed by atoms with Crippen LogP contribution in [0.4, 0.5) is 0 Å². The molecular weight excluding hydrogens is 196 g/mol. The summed E-state index contributed by atoms with van der Waals surface area (Å²) in [5.74, 6) is 0. The Morgan fingerprint density at radius 3 is 3.12 bits per heavy atom. The van der Waals surface area contributed by atoms with Gasteiger partial charge in [-0.25, -0.2) is 0 Å². The Morgan fingerprint density at radius 1 is 1.44 bits per heavy atom. The molecule has 0 fully saturated rings. The van der Waals surface area contributed by atoms with Crippen molar-refractivity contribution < 1.29 is 4.74 Å². The van der Waals surface area contributed by atoms with Gasteiger partial charge in [-0.3, -0.25) is 0 Å². The number of hydrogen-bond acceptors (Lipinski definition) is 1. The summed E-state index contributed by atoms with van der Waals surface area (Å²) in [6.07, 6.45) is 9.04. The molecule has 0 amide bonds. The minimum absolute atomic E-state index is 0.223. The van der Waals surface area contributed by atoms with E-state index >= 15 is 0 Å². The molecule has 0 spiro atoms. The van der Waals surface area contributed by atoms with Gasteiger partial charge >= 0.3 is 0 Å². The maximum atomic E-state index is 5.74. The Morgan fingerprint density at radius 2 is 2.31 bits per heavy atom. The molecule has 2 rings (SSSR count). The van der Waals surface area contributed by atoms with Gasteiger partial charge in [0.15, 0.2) is 0 Å². The SMILES string of the molecule is C=CC=COC1CCCc2cc(C)ccc21. The number of hydrogen-bond donors (Lipinski definition) is 0. The van der Waals surface area contributed by atoms with Crippen LogP contribution < -0.4 is 0 Å². The monoisotopic (exact) mass is 214 g/mol. The van der Waals surface area contributed by atoms with Crippen molar-refractivity contribution in [2.24, 2.45) is 0 Å². The van der Waals surface area contributed by atoms with Crippen LogP contribution >= 0.6 is 0 Å². The molecule has 1 heteroatoms. The molecule has 1 nitrogen and oxygen atoms in total. The number of rotatable bonds is 3. The fraction of sp³-hybridized carbons (Fsp3) is 0.333. The lowest BCUT2D eigenvalue weighted by atomic mass is 9.88. The fourth-order valence-corrected chi connectivity index (χ4v) is 2.24. The van der Waals surface area contributed by atoms with Gasteiger partial charge in [0.05, 0.1) is 6.26 Å². The normalized spacial score (nSPS) is 19.4. The first-order valence-corrected chi connectivity index (χ1v) is 5.83. The zero-order valence-electron chi connectivity index (χ0n) is 9.78. The average molecular weight is 214 g/mol. The van der Waals surface area contributed by atoms with Crippen LogP contribution in [-0.2, 0) is 11.2 Å². The molecule has 0 N–H and O–H groups in total. The first kappa shape index (κ1) is 11.0. The molecule has 0 aromatic heterocycles. The molecule has 84 valence electrons. The number of benzene rings is 1. The largest absolute Gasteiger partial charge is 0.493 e. The second-order valence-corrected chi connectivity index (χ2v) is 4.28. The van der Waals surface area contributed by atoms with Gasteiger partial charge in [0.1, 0.15) is 6.10 Å². The molecule has 0 saturated carbocycles. The van der Waals surface area contributed by atoms with Crippen molar-refractivity contribution in [3.8, 4) is 0 Å². The summed E-state index contributed by atoms with van der Waals surface area (Å²) < 4.78 is 5.74. The van der Waals surface area contributed by atoms with Crippen molar-refractivity contribution in [3.63, 3.8) is 0 Å². The van der Waals surface area contributed by atoms with Crippen molar-refractivity contribution in [1.29, 1.82) is 0 Å². The van der Waals surface area contributed by atoms with Crippen LogP contribution in [0.1, 0.15) is 35.6 Å². The molecular formula is C15H18O. The third-order valence-corrected chi connectivity index (χ3v) is 3.02. The maximum Gasteiger partial charge on any atom is 0.123 e. The average Bonchev–Trinajstić information content (AvgIpc) is 2.29. The van der Waals surface area contributed by atoms with Crippen LogP contribution in [0, 0.1) is 6.92 Å². The lowest BCUT2D eigenvalue weighted by Crippen LogP contribution is -2.11. The molecule has 1 aromatic rings. The summed E-state index contributed by atoms with van der Waals surface area (Å²) in [7, 11) is 0. The second-order valence-electron chi connectivity index (χ2n) is 4.28. The van der Waals surface area contributed by atoms with E-state index in [1.165, 1.54) is 29.5 Å². The third kappa shape index (κ3) is 2.35. The van der Waals surface area contributed by atoms with Crippen molar-refractivity contribution in [1.82, 2.24) is 0 Å². The fourth-order valence-electron chi connectivity index (χ4n) is 2.24. The number of allylic oxidation sites excluding steroid dienone is 2. The zero-order chi connectivity index (χ0) is 11.4. The van der Waals surface area contributed by atoms with E-state index in [1.54, 1.807) is 12.3 Å². The first-order valence-electron chi connectivity index (χ1n) is 5.83. The highest BCUT2D eigenvalue weighted by Gasteiger charge is 2.20. The van der Waals surface area contributed by atoms with Crippen molar-refractivity contribution in [2.75, 3.05) is 0 Å². The van der Waals surface area contributed by atoms with Gasteiger partial charge in [0.2, 0.25) is 0 Å². The van der Waals surface area contributed by atoms with E-state index in [9.17, 15) is 0 Å². The zero-order valence-corrected chi connectivity index (χ0v) is 9.78. The topological polar surface area (TPSA) is 9.23 Å². The Balaban J connectivity index is 2.19. The smallest absolute Gasteiger partial charge is 0.123 e. The first-order chi connectivity index (χ1) is 7.81. The highest BCUT2D eigenvalue weighted by molar-refractivity contribution is 5.35. The van der Waals surface area contributed by atoms with E-state index in [4.69, 9.17) is 4.74 Å². The Bertz CT molecular complexity index is 404. The molecule has 0 bridgehead atoms. The highest BCUT2D eigenvalue weighted by Crippen LogP contribution is 2.33. The van der Waals surface area contributed by atoms with Gasteiger partial charge in [-0.15, -0.1) is 0 Å². The van der Waals surface area contributed by atoms with E-state index in [0.29, 0.717) is 0 Å². The summed E-state index contributed by atoms with van der Waals surface area (Å²) in [5.41, 5.74) is 4.13. The molecule has 0 aliphatic heterocycles. The lowest BCUT2D eigenvalue weighted by Gasteiger charge is -2.25. The van der Waals surface area contributed by atoms with E-state index in [1.807, 2.05) is 6.08 Å². The second kappa shape index (κ2) is 5.02. The van der Waals surface area contributed by atoms with Crippen molar-refractivity contribution in [3.05, 3.63) is 59.9 Å². The summed E-state index contributed by atoms with van der Waals surface area (Å²) in [4.78, 5) is 0. The van der Waals surface area contributed by atoms with Gasteiger partial charge in [-0.1, -0.05) is 36.4 Å². The molecule has 1 unspecified atom stereocenters. The molecule has 1 aliphatic carbocycles. The minimum Gasteiger partial charge on any atom is -0.493 e.